The van der Waals surface area contributed by atoms with Crippen molar-refractivity contribution in [2.24, 2.45) is 0 Å². The van der Waals surface area contributed by atoms with Crippen molar-refractivity contribution in [3.05, 3.63) is 49.1 Å². The minimum absolute atomic E-state index is 0.0115. The number of nitrogens with one attached hydrogen (secondary N) is 2. The monoisotopic (exact) mass is 306 g/mol. The van der Waals surface area contributed by atoms with Crippen LogP contribution in [0.5, 0.6) is 0 Å². The fourth-order valence-electron chi connectivity index (χ4n) is 2.07. The number of anilines is 1. The second-order valence-corrected chi connectivity index (χ2v) is 5.60. The fraction of sp³-hybridized carbons (Fsp3) is 0.214. The topological polar surface area (TPSA) is 99.3 Å². The average molecular weight is 306 g/mol. The van der Waals surface area contributed by atoms with Crippen molar-refractivity contribution < 1.29 is 14.7 Å². The van der Waals surface area contributed by atoms with Gasteiger partial charge in [0, 0.05) is 5.69 Å². The van der Waals surface area contributed by atoms with Crippen LogP contribution in [-0.4, -0.2) is 22.0 Å². The summed E-state index contributed by atoms with van der Waals surface area (Å²) < 4.78 is 0. The van der Waals surface area contributed by atoms with Crippen LogP contribution in [-0.2, 0) is 0 Å². The van der Waals surface area contributed by atoms with Crippen LogP contribution in [0.3, 0.4) is 0 Å². The molecule has 3 N–H and O–H groups in total. The van der Waals surface area contributed by atoms with Gasteiger partial charge in [0.25, 0.3) is 11.5 Å². The van der Waals surface area contributed by atoms with Crippen molar-refractivity contribution in [3.8, 4) is 0 Å². The molecule has 2 aromatic heterocycles. The molecule has 7 heteroatoms. The van der Waals surface area contributed by atoms with Crippen LogP contribution in [0.4, 0.5) is 5.69 Å². The van der Waals surface area contributed by atoms with Crippen molar-refractivity contribution in [2.75, 3.05) is 5.32 Å². The SMILES string of the molecule is Cc1cc(C)c(C(=O)Nc2c(C)csc2C(=O)O)c(=O)[nH]1. The zero-order valence-electron chi connectivity index (χ0n) is 11.7. The molecule has 0 bridgehead atoms. The average Bonchev–Trinajstić information content (AvgIpc) is 2.69. The fourth-order valence-corrected chi connectivity index (χ4v) is 2.91. The highest BCUT2D eigenvalue weighted by Crippen LogP contribution is 2.28. The number of aryl methyl sites for hydroxylation is 3. The molecule has 0 atom stereocenters. The number of carboxylic acids is 1. The number of H-pyrrole nitrogens is 1. The van der Waals surface area contributed by atoms with E-state index in [0.717, 1.165) is 11.3 Å². The molecular weight excluding hydrogens is 292 g/mol. The number of aromatic amines is 1. The highest BCUT2D eigenvalue weighted by Gasteiger charge is 2.20. The van der Waals surface area contributed by atoms with E-state index in [1.54, 1.807) is 32.2 Å². The minimum atomic E-state index is -1.11. The molecule has 6 nitrogen and oxygen atoms in total. The molecule has 0 spiro atoms. The Labute approximate surface area is 124 Å². The number of amides is 1. The van der Waals surface area contributed by atoms with Crippen molar-refractivity contribution in [3.63, 3.8) is 0 Å². The zero-order valence-corrected chi connectivity index (χ0v) is 12.6. The summed E-state index contributed by atoms with van der Waals surface area (Å²) >= 11 is 1.03. The van der Waals surface area contributed by atoms with E-state index in [1.807, 2.05) is 0 Å². The molecule has 2 heterocycles. The number of hydrogen-bond acceptors (Lipinski definition) is 4. The Morgan fingerprint density at radius 3 is 2.48 bits per heavy atom. The van der Waals surface area contributed by atoms with Crippen molar-refractivity contribution >= 4 is 28.9 Å². The zero-order chi connectivity index (χ0) is 15.7. The lowest BCUT2D eigenvalue weighted by atomic mass is 10.1. The van der Waals surface area contributed by atoms with Crippen LogP contribution in [0.2, 0.25) is 0 Å². The molecule has 2 rings (SSSR count). The summed E-state index contributed by atoms with van der Waals surface area (Å²) in [6, 6.07) is 1.69. The van der Waals surface area contributed by atoms with Gasteiger partial charge < -0.3 is 15.4 Å². The first-order chi connectivity index (χ1) is 9.81. The smallest absolute Gasteiger partial charge is 0.348 e. The Kier molecular flexibility index (Phi) is 3.95. The van der Waals surface area contributed by atoms with Crippen molar-refractivity contribution in [1.82, 2.24) is 4.98 Å². The lowest BCUT2D eigenvalue weighted by Crippen LogP contribution is -2.25. The second kappa shape index (κ2) is 5.53. The number of carboxylic acid groups (broad SMARTS) is 1. The van der Waals surface area contributed by atoms with Gasteiger partial charge in [0.2, 0.25) is 0 Å². The van der Waals surface area contributed by atoms with Gasteiger partial charge in [-0.1, -0.05) is 0 Å². The standard InChI is InChI=1S/C14H14N2O4S/c1-6-4-8(3)15-12(17)9(6)13(18)16-10-7(2)5-21-11(10)14(19)20/h4-5H,1-3H3,(H,15,17)(H,16,18)(H,19,20). The molecule has 0 unspecified atom stereocenters. The quantitative estimate of drug-likeness (QED) is 0.810. The summed E-state index contributed by atoms with van der Waals surface area (Å²) in [5.74, 6) is -1.73. The number of thiophene rings is 1. The van der Waals surface area contributed by atoms with Gasteiger partial charge >= 0.3 is 5.97 Å². The minimum Gasteiger partial charge on any atom is -0.477 e. The van der Waals surface area contributed by atoms with Gasteiger partial charge in [0.15, 0.2) is 0 Å². The Morgan fingerprint density at radius 2 is 1.90 bits per heavy atom. The van der Waals surface area contributed by atoms with Crippen LogP contribution >= 0.6 is 11.3 Å². The van der Waals surface area contributed by atoms with E-state index >= 15 is 0 Å². The maximum absolute atomic E-state index is 12.3. The summed E-state index contributed by atoms with van der Waals surface area (Å²) in [4.78, 5) is 37.9. The summed E-state index contributed by atoms with van der Waals surface area (Å²) in [5.41, 5.74) is 1.58. The highest BCUT2D eigenvalue weighted by atomic mass is 32.1. The van der Waals surface area contributed by atoms with Crippen LogP contribution in [0.15, 0.2) is 16.2 Å². The molecule has 0 aromatic carbocycles. The molecule has 1 amide bonds. The van der Waals surface area contributed by atoms with Gasteiger partial charge in [-0.25, -0.2) is 4.79 Å². The molecule has 0 radical (unpaired) electrons. The van der Waals surface area contributed by atoms with Gasteiger partial charge in [-0.3, -0.25) is 9.59 Å². The number of aromatic carboxylic acids is 1. The van der Waals surface area contributed by atoms with Crippen LogP contribution in [0.25, 0.3) is 0 Å². The van der Waals surface area contributed by atoms with Crippen LogP contribution in [0.1, 0.15) is 36.9 Å². The van der Waals surface area contributed by atoms with Gasteiger partial charge in [-0.15, -0.1) is 11.3 Å². The largest absolute Gasteiger partial charge is 0.477 e. The summed E-state index contributed by atoms with van der Waals surface area (Å²) in [5, 5.41) is 13.3. The summed E-state index contributed by atoms with van der Waals surface area (Å²) in [7, 11) is 0. The highest BCUT2D eigenvalue weighted by molar-refractivity contribution is 7.12. The third-order valence-electron chi connectivity index (χ3n) is 3.00. The van der Waals surface area contributed by atoms with Crippen molar-refractivity contribution in [2.45, 2.75) is 20.8 Å². The second-order valence-electron chi connectivity index (χ2n) is 4.72. The molecule has 0 aliphatic carbocycles. The van der Waals surface area contributed by atoms with Crippen LogP contribution < -0.4 is 10.9 Å². The van der Waals surface area contributed by atoms with Gasteiger partial charge in [0.05, 0.1) is 5.69 Å². The Morgan fingerprint density at radius 1 is 1.24 bits per heavy atom. The summed E-state index contributed by atoms with van der Waals surface area (Å²) in [6.07, 6.45) is 0. The van der Waals surface area contributed by atoms with E-state index in [4.69, 9.17) is 5.11 Å². The van der Waals surface area contributed by atoms with E-state index in [-0.39, 0.29) is 16.1 Å². The molecular formula is C14H14N2O4S. The van der Waals surface area contributed by atoms with Gasteiger partial charge in [-0.2, -0.15) is 0 Å². The van der Waals surface area contributed by atoms with E-state index in [1.165, 1.54) is 0 Å². The van der Waals surface area contributed by atoms with Gasteiger partial charge in [-0.05, 0) is 43.3 Å². The molecule has 0 saturated heterocycles. The number of carbonyl (C=O) groups is 2. The van der Waals surface area contributed by atoms with Crippen LogP contribution in [0, 0.1) is 20.8 Å². The predicted molar refractivity (Wildman–Crippen MR) is 80.5 cm³/mol. The normalized spacial score (nSPS) is 10.4. The first-order valence-corrected chi connectivity index (χ1v) is 7.02. The third kappa shape index (κ3) is 2.87. The van der Waals surface area contributed by atoms with Crippen molar-refractivity contribution in [1.29, 1.82) is 0 Å². The molecule has 0 aliphatic heterocycles. The number of hydrogen-bond donors (Lipinski definition) is 3. The first kappa shape index (κ1) is 15.0. The number of carbonyl (C=O) groups excluding carboxylic acids is 1. The van der Waals surface area contributed by atoms with E-state index in [0.29, 0.717) is 16.8 Å². The Balaban J connectivity index is 2.42. The molecule has 0 fully saturated rings. The van der Waals surface area contributed by atoms with E-state index in [2.05, 4.69) is 10.3 Å². The lowest BCUT2D eigenvalue weighted by molar-refractivity contribution is 0.0703. The van der Waals surface area contributed by atoms with E-state index in [9.17, 15) is 14.4 Å². The van der Waals surface area contributed by atoms with E-state index < -0.39 is 17.4 Å². The third-order valence-corrected chi connectivity index (χ3v) is 4.09. The van der Waals surface area contributed by atoms with Gasteiger partial charge in [0.1, 0.15) is 10.4 Å². The molecule has 0 saturated carbocycles. The molecule has 21 heavy (non-hydrogen) atoms. The molecule has 0 aliphatic rings. The number of rotatable bonds is 3. The Hall–Kier alpha value is -2.41. The lowest BCUT2D eigenvalue weighted by Gasteiger charge is -2.08. The number of pyridine rings is 1. The summed E-state index contributed by atoms with van der Waals surface area (Å²) in [6.45, 7) is 5.09. The Bertz CT molecular complexity index is 789. The maximum Gasteiger partial charge on any atom is 0.348 e. The molecule has 110 valence electrons. The molecule has 2 aromatic rings. The predicted octanol–water partition coefficient (Wildman–Crippen LogP) is 2.31. The first-order valence-electron chi connectivity index (χ1n) is 6.14. The maximum atomic E-state index is 12.3. The number of aromatic nitrogens is 1.